The van der Waals surface area contributed by atoms with E-state index in [9.17, 15) is 4.79 Å². The van der Waals surface area contributed by atoms with Gasteiger partial charge in [0.1, 0.15) is 12.2 Å². The molecule has 1 heterocycles. The maximum absolute atomic E-state index is 9.98. The van der Waals surface area contributed by atoms with Gasteiger partial charge in [-0.3, -0.25) is 9.79 Å². The molecule has 1 aliphatic heterocycles. The van der Waals surface area contributed by atoms with Crippen molar-refractivity contribution in [3.63, 3.8) is 0 Å². The molecule has 1 atom stereocenters. The van der Waals surface area contributed by atoms with Crippen LogP contribution in [0.15, 0.2) is 4.99 Å². The Balaban J connectivity index is 2.50. The number of hydrogen-bond donors (Lipinski definition) is 0. The Hall–Kier alpha value is -0.570. The van der Waals surface area contributed by atoms with Gasteiger partial charge in [-0.1, -0.05) is 11.6 Å². The summed E-state index contributed by atoms with van der Waals surface area (Å²) in [5.74, 6) is 0. The van der Waals surface area contributed by atoms with Gasteiger partial charge in [-0.05, 0) is 0 Å². The fraction of sp³-hybridized carbons (Fsp3) is 0.500. The van der Waals surface area contributed by atoms with E-state index in [1.165, 1.54) is 11.1 Å². The van der Waals surface area contributed by atoms with Gasteiger partial charge < -0.3 is 4.90 Å². The number of rotatable bonds is 1. The summed E-state index contributed by atoms with van der Waals surface area (Å²) in [4.78, 5) is 15.1. The van der Waals surface area contributed by atoms with E-state index < -0.39 is 0 Å². The molecule has 0 N–H and O–H groups in total. The molecule has 0 bridgehead atoms. The number of carbonyl (C=O) groups is 1. The van der Waals surface area contributed by atoms with Gasteiger partial charge in [-0.25, -0.2) is 0 Å². The van der Waals surface area contributed by atoms with Crippen molar-refractivity contribution in [2.75, 3.05) is 6.67 Å². The summed E-state index contributed by atoms with van der Waals surface area (Å²) in [5, 5.41) is 0. The molecule has 0 radical (unpaired) electrons. The second-order valence-corrected chi connectivity index (χ2v) is 1.91. The first-order valence-corrected chi connectivity index (χ1v) is 2.63. The molecule has 0 aromatic carbocycles. The Morgan fingerprint density at radius 3 is 3.00 bits per heavy atom. The average Bonchev–Trinajstić information content (AvgIpc) is 2.14. The van der Waals surface area contributed by atoms with Crippen molar-refractivity contribution in [3.8, 4) is 0 Å². The Labute approximate surface area is 51.9 Å². The molecule has 1 unspecified atom stereocenters. The van der Waals surface area contributed by atoms with Crippen molar-refractivity contribution in [2.24, 2.45) is 4.99 Å². The number of halogens is 1. The highest BCUT2D eigenvalue weighted by Gasteiger charge is 2.14. The molecule has 0 aromatic rings. The van der Waals surface area contributed by atoms with Crippen molar-refractivity contribution in [2.45, 2.75) is 5.50 Å². The predicted molar refractivity (Wildman–Crippen MR) is 30.9 cm³/mol. The molecular formula is C4H5ClN2O. The molecule has 0 aliphatic carbocycles. The van der Waals surface area contributed by atoms with Gasteiger partial charge in [-0.15, -0.1) is 0 Å². The average molecular weight is 133 g/mol. The molecule has 8 heavy (non-hydrogen) atoms. The largest absolute Gasteiger partial charge is 0.304 e. The van der Waals surface area contributed by atoms with Gasteiger partial charge >= 0.3 is 0 Å². The number of nitrogens with zero attached hydrogens (tertiary/aromatic N) is 2. The lowest BCUT2D eigenvalue weighted by Gasteiger charge is -2.08. The molecule has 0 saturated heterocycles. The zero-order valence-electron chi connectivity index (χ0n) is 4.12. The number of amides is 1. The van der Waals surface area contributed by atoms with Crippen LogP contribution in [0.3, 0.4) is 0 Å². The van der Waals surface area contributed by atoms with E-state index >= 15 is 0 Å². The van der Waals surface area contributed by atoms with Gasteiger partial charge in [0.15, 0.2) is 0 Å². The lowest BCUT2D eigenvalue weighted by atomic mass is 10.7. The highest BCUT2D eigenvalue weighted by molar-refractivity contribution is 6.28. The van der Waals surface area contributed by atoms with Crippen molar-refractivity contribution in [1.82, 2.24) is 4.90 Å². The van der Waals surface area contributed by atoms with E-state index in [1.54, 1.807) is 0 Å². The third-order valence-electron chi connectivity index (χ3n) is 0.926. The van der Waals surface area contributed by atoms with Crippen LogP contribution in [0, 0.1) is 0 Å². The third kappa shape index (κ3) is 0.816. The normalized spacial score (nSPS) is 26.6. The Bertz CT molecular complexity index is 125. The van der Waals surface area contributed by atoms with Crippen LogP contribution in [0.5, 0.6) is 0 Å². The van der Waals surface area contributed by atoms with Gasteiger partial charge in [0, 0.05) is 6.21 Å². The van der Waals surface area contributed by atoms with Crippen molar-refractivity contribution in [3.05, 3.63) is 0 Å². The van der Waals surface area contributed by atoms with Gasteiger partial charge in [0.25, 0.3) is 0 Å². The predicted octanol–water partition coefficient (Wildman–Crippen LogP) is 0.0516. The van der Waals surface area contributed by atoms with Crippen LogP contribution in [0.25, 0.3) is 0 Å². The van der Waals surface area contributed by atoms with Crippen LogP contribution in [0.1, 0.15) is 0 Å². The standard InChI is InChI=1S/C4H5ClN2O/c5-4-1-6-2-7(4)3-8/h1,3-4H,2H2. The van der Waals surface area contributed by atoms with Crippen LogP contribution >= 0.6 is 11.6 Å². The molecule has 0 fully saturated rings. The van der Waals surface area contributed by atoms with E-state index in [4.69, 9.17) is 11.6 Å². The Kier molecular flexibility index (Phi) is 1.48. The first-order chi connectivity index (χ1) is 3.84. The van der Waals surface area contributed by atoms with Crippen LogP contribution in [0.4, 0.5) is 0 Å². The SMILES string of the molecule is O=CN1CN=CC1Cl. The zero-order chi connectivity index (χ0) is 5.98. The van der Waals surface area contributed by atoms with E-state index in [0.29, 0.717) is 13.1 Å². The minimum absolute atomic E-state index is 0.326. The zero-order valence-corrected chi connectivity index (χ0v) is 4.88. The molecule has 1 rings (SSSR count). The summed E-state index contributed by atoms with van der Waals surface area (Å²) in [6.45, 7) is 0.400. The molecule has 3 nitrogen and oxygen atoms in total. The molecular weight excluding hydrogens is 128 g/mol. The Morgan fingerprint density at radius 2 is 2.75 bits per heavy atom. The van der Waals surface area contributed by atoms with Gasteiger partial charge in [-0.2, -0.15) is 0 Å². The van der Waals surface area contributed by atoms with Gasteiger partial charge in [0.05, 0.1) is 0 Å². The molecule has 0 aromatic heterocycles. The highest BCUT2D eigenvalue weighted by Crippen LogP contribution is 2.04. The molecule has 1 aliphatic rings. The van der Waals surface area contributed by atoms with Crippen LogP contribution < -0.4 is 0 Å². The van der Waals surface area contributed by atoms with Crippen molar-refractivity contribution < 1.29 is 4.79 Å². The van der Waals surface area contributed by atoms with Crippen molar-refractivity contribution in [1.29, 1.82) is 0 Å². The maximum Gasteiger partial charge on any atom is 0.212 e. The fourth-order valence-electron chi connectivity index (χ4n) is 0.484. The molecule has 0 spiro atoms. The third-order valence-corrected chi connectivity index (χ3v) is 1.29. The quantitative estimate of drug-likeness (QED) is 0.282. The second kappa shape index (κ2) is 2.13. The Morgan fingerprint density at radius 1 is 2.00 bits per heavy atom. The van der Waals surface area contributed by atoms with E-state index in [2.05, 4.69) is 4.99 Å². The first kappa shape index (κ1) is 5.56. The summed E-state index contributed by atoms with van der Waals surface area (Å²) in [6, 6.07) is 0. The van der Waals surface area contributed by atoms with Crippen LogP contribution in [-0.2, 0) is 4.79 Å². The number of alkyl halides is 1. The summed E-state index contributed by atoms with van der Waals surface area (Å²) in [6.07, 6.45) is 2.22. The van der Waals surface area contributed by atoms with E-state index in [1.807, 2.05) is 0 Å². The number of hydrogen-bond acceptors (Lipinski definition) is 2. The molecule has 0 saturated carbocycles. The van der Waals surface area contributed by atoms with E-state index in [0.717, 1.165) is 0 Å². The van der Waals surface area contributed by atoms with E-state index in [-0.39, 0.29) is 5.50 Å². The highest BCUT2D eigenvalue weighted by atomic mass is 35.5. The van der Waals surface area contributed by atoms with Gasteiger partial charge in [0.2, 0.25) is 6.41 Å². The first-order valence-electron chi connectivity index (χ1n) is 2.19. The lowest BCUT2D eigenvalue weighted by Crippen LogP contribution is -2.25. The van der Waals surface area contributed by atoms with Crippen LogP contribution in [0.2, 0.25) is 0 Å². The molecule has 1 amide bonds. The topological polar surface area (TPSA) is 32.7 Å². The monoisotopic (exact) mass is 132 g/mol. The lowest BCUT2D eigenvalue weighted by molar-refractivity contribution is -0.117. The number of carbonyl (C=O) groups excluding carboxylic acids is 1. The summed E-state index contributed by atoms with van der Waals surface area (Å²) in [5.41, 5.74) is -0.326. The maximum atomic E-state index is 9.98. The smallest absolute Gasteiger partial charge is 0.212 e. The molecule has 4 heteroatoms. The van der Waals surface area contributed by atoms with Crippen molar-refractivity contribution >= 4 is 24.2 Å². The molecule has 44 valence electrons. The summed E-state index contributed by atoms with van der Waals surface area (Å²) in [7, 11) is 0. The summed E-state index contributed by atoms with van der Waals surface area (Å²) >= 11 is 5.52. The fourth-order valence-corrected chi connectivity index (χ4v) is 0.671. The minimum Gasteiger partial charge on any atom is -0.304 e. The van der Waals surface area contributed by atoms with Crippen LogP contribution in [-0.4, -0.2) is 29.7 Å². The second-order valence-electron chi connectivity index (χ2n) is 1.47. The number of aliphatic imine (C=N–C) groups is 1. The summed E-state index contributed by atoms with van der Waals surface area (Å²) < 4.78 is 0. The minimum atomic E-state index is -0.326.